The summed E-state index contributed by atoms with van der Waals surface area (Å²) in [6.07, 6.45) is 9.45. The molecule has 3 aliphatic rings. The zero-order valence-electron chi connectivity index (χ0n) is 20.3. The second kappa shape index (κ2) is 16.7. The standard InChI is InChI=1S/C24H36N6OS.2ClH.Mn/c1-25-24(31)16-32-19-12-17-14-28-22-8-4-2-6-20(22)26-10-11-27-21-7-3-5-9-23(21)29-15-18(13-19)30-17;;;/h12-13,20-23H,2-11,14-16H2,1H3,(H,25,31);2*1H;/q-4;;;+2/p-2/t20-,21?,22-,23?;;;/m1.../s1. The molecule has 199 valence electrons. The van der Waals surface area contributed by atoms with Crippen LogP contribution in [0.5, 0.6) is 0 Å². The molecule has 35 heavy (non-hydrogen) atoms. The van der Waals surface area contributed by atoms with Gasteiger partial charge in [-0.15, -0.1) is 24.9 Å². The van der Waals surface area contributed by atoms with E-state index in [0.717, 1.165) is 55.1 Å². The van der Waals surface area contributed by atoms with Crippen LogP contribution in [0.15, 0.2) is 17.0 Å². The van der Waals surface area contributed by atoms with E-state index in [1.807, 2.05) is 0 Å². The van der Waals surface area contributed by atoms with Gasteiger partial charge in [-0.2, -0.15) is 37.3 Å². The van der Waals surface area contributed by atoms with E-state index in [0.29, 0.717) is 30.9 Å². The van der Waals surface area contributed by atoms with Crippen LogP contribution in [0.4, 0.5) is 0 Å². The van der Waals surface area contributed by atoms with Gasteiger partial charge < -0.3 is 26.6 Å². The van der Waals surface area contributed by atoms with Gasteiger partial charge in [0.1, 0.15) is 0 Å². The van der Waals surface area contributed by atoms with Crippen molar-refractivity contribution in [2.75, 3.05) is 25.9 Å². The van der Waals surface area contributed by atoms with Crippen LogP contribution in [0.3, 0.4) is 0 Å². The first kappa shape index (κ1) is 29.5. The Morgan fingerprint density at radius 2 is 1.34 bits per heavy atom. The van der Waals surface area contributed by atoms with E-state index >= 15 is 0 Å². The second-order valence-electron chi connectivity index (χ2n) is 9.13. The number of nitrogens with one attached hydrogen (secondary N) is 1. The number of rotatable bonds is 3. The Bertz CT molecular complexity index is 731. The minimum absolute atomic E-state index is 0.00694. The molecule has 0 saturated heterocycles. The number of amides is 1. The van der Waals surface area contributed by atoms with Crippen LogP contribution in [0, 0.1) is 0 Å². The van der Waals surface area contributed by atoms with Gasteiger partial charge >= 0.3 is 33.3 Å². The molecule has 2 bridgehead atoms. The maximum atomic E-state index is 11.8. The molecule has 1 aliphatic heterocycles. The van der Waals surface area contributed by atoms with E-state index in [2.05, 4.69) is 17.4 Å². The third kappa shape index (κ3) is 10.3. The van der Waals surface area contributed by atoms with Gasteiger partial charge in [0.15, 0.2) is 0 Å². The van der Waals surface area contributed by atoms with Crippen molar-refractivity contribution < 1.29 is 17.9 Å². The molecule has 2 aliphatic carbocycles. The van der Waals surface area contributed by atoms with Crippen LogP contribution in [0.25, 0.3) is 21.3 Å². The Balaban J connectivity index is 0.00000108. The summed E-state index contributed by atoms with van der Waals surface area (Å²) in [5.74, 6) is 0.432. The Hall–Kier alpha value is -0.0905. The topological polar surface area (TPSA) is 98.4 Å². The molecular weight excluding hydrogens is 546 g/mol. The summed E-state index contributed by atoms with van der Waals surface area (Å²) in [5, 5.41) is 22.8. The predicted molar refractivity (Wildman–Crippen MR) is 143 cm³/mol. The molecule has 1 amide bonds. The summed E-state index contributed by atoms with van der Waals surface area (Å²) in [6.45, 7) is 2.83. The minimum atomic E-state index is 0.00694. The fourth-order valence-electron chi connectivity index (χ4n) is 4.99. The number of thioether (sulfide) groups is 1. The van der Waals surface area contributed by atoms with Crippen LogP contribution in [0.1, 0.15) is 62.8 Å². The van der Waals surface area contributed by atoms with Crippen molar-refractivity contribution in [1.82, 2.24) is 10.3 Å². The van der Waals surface area contributed by atoms with Crippen molar-refractivity contribution in [1.29, 1.82) is 0 Å². The van der Waals surface area contributed by atoms with Crippen molar-refractivity contribution in [3.05, 3.63) is 44.8 Å². The van der Waals surface area contributed by atoms with Crippen LogP contribution in [-0.4, -0.2) is 60.9 Å². The molecule has 2 saturated carbocycles. The molecule has 7 nitrogen and oxygen atoms in total. The average Bonchev–Trinajstić information content (AvgIpc) is 2.88. The van der Waals surface area contributed by atoms with E-state index in [1.54, 1.807) is 18.8 Å². The number of hydrogen-bond acceptors (Lipinski definition) is 3. The number of hydrogen-bond donors (Lipinski definition) is 1. The Morgan fingerprint density at radius 1 is 0.914 bits per heavy atom. The van der Waals surface area contributed by atoms with E-state index in [9.17, 15) is 4.79 Å². The quantitative estimate of drug-likeness (QED) is 0.329. The van der Waals surface area contributed by atoms with E-state index in [-0.39, 0.29) is 31.1 Å². The van der Waals surface area contributed by atoms with Gasteiger partial charge in [0, 0.05) is 23.3 Å². The molecule has 1 aromatic rings. The van der Waals surface area contributed by atoms with Crippen LogP contribution < -0.4 is 5.32 Å². The Labute approximate surface area is 229 Å². The SMILES string of the molecule is CNC(=O)CSc1cc2nc(c1)C[N-][C@@H]1CCCC[C@H]1[N-]CC[N-]C1CCCCC1[N-]C2.[Cl][Mn][Cl]. The molecule has 0 aromatic carbocycles. The summed E-state index contributed by atoms with van der Waals surface area (Å²) >= 11 is 1.56. The summed E-state index contributed by atoms with van der Waals surface area (Å²) in [4.78, 5) is 17.7. The van der Waals surface area contributed by atoms with Gasteiger partial charge in [0.2, 0.25) is 5.91 Å². The molecule has 2 unspecified atom stereocenters. The number of carbonyl (C=O) groups is 1. The van der Waals surface area contributed by atoms with Crippen molar-refractivity contribution >= 4 is 37.9 Å². The van der Waals surface area contributed by atoms with Gasteiger partial charge in [0.05, 0.1) is 5.75 Å². The third-order valence-electron chi connectivity index (χ3n) is 6.74. The number of nitrogens with zero attached hydrogens (tertiary/aromatic N) is 5. The molecule has 1 N–H and O–H groups in total. The summed E-state index contributed by atoms with van der Waals surface area (Å²) < 4.78 is 0. The molecule has 1 aromatic heterocycles. The van der Waals surface area contributed by atoms with Crippen molar-refractivity contribution in [3.63, 3.8) is 0 Å². The Morgan fingerprint density at radius 3 is 1.77 bits per heavy atom. The molecule has 2 heterocycles. The van der Waals surface area contributed by atoms with Crippen LogP contribution >= 0.6 is 32.0 Å². The van der Waals surface area contributed by atoms with Crippen LogP contribution in [-0.2, 0) is 31.0 Å². The van der Waals surface area contributed by atoms with Crippen molar-refractivity contribution in [2.24, 2.45) is 0 Å². The Kier molecular flexibility index (Phi) is 14.1. The normalized spacial score (nSPS) is 27.6. The van der Waals surface area contributed by atoms with E-state index < -0.39 is 0 Å². The first-order chi connectivity index (χ1) is 17.1. The number of aromatic nitrogens is 1. The first-order valence-electron chi connectivity index (χ1n) is 12.5. The molecule has 2 fully saturated rings. The molecule has 4 rings (SSSR count). The van der Waals surface area contributed by atoms with Crippen molar-refractivity contribution in [2.45, 2.75) is 93.5 Å². The number of halogens is 2. The molecular formula is C24H36Cl2MnN6OS-4. The predicted octanol–water partition coefficient (Wildman–Crippen LogP) is 6.43. The average molecular weight is 583 g/mol. The van der Waals surface area contributed by atoms with Crippen molar-refractivity contribution in [3.8, 4) is 0 Å². The van der Waals surface area contributed by atoms with Gasteiger partial charge in [-0.05, 0) is 12.1 Å². The second-order valence-corrected chi connectivity index (χ2v) is 12.1. The van der Waals surface area contributed by atoms with Gasteiger partial charge in [0.25, 0.3) is 0 Å². The summed E-state index contributed by atoms with van der Waals surface area (Å²) in [6, 6.07) is 5.39. The van der Waals surface area contributed by atoms with Gasteiger partial charge in [-0.3, -0.25) is 9.78 Å². The summed E-state index contributed by atoms with van der Waals surface area (Å²) in [5.41, 5.74) is 1.95. The molecule has 11 heteroatoms. The zero-order valence-corrected chi connectivity index (χ0v) is 23.9. The number of carbonyl (C=O) groups excluding carboxylic acids is 1. The monoisotopic (exact) mass is 581 g/mol. The number of fused-ring (bicyclic) bond motifs is 4. The third-order valence-corrected chi connectivity index (χ3v) is 7.72. The fraction of sp³-hybridized carbons (Fsp3) is 0.750. The molecule has 0 spiro atoms. The fourth-order valence-corrected chi connectivity index (χ4v) is 5.87. The van der Waals surface area contributed by atoms with E-state index in [1.165, 1.54) is 25.7 Å². The zero-order chi connectivity index (χ0) is 24.9. The number of pyridine rings is 1. The maximum absolute atomic E-state index is 11.8. The molecule has 4 atom stereocenters. The van der Waals surface area contributed by atoms with Crippen LogP contribution in [0.2, 0.25) is 0 Å². The molecule has 0 radical (unpaired) electrons. The van der Waals surface area contributed by atoms with Gasteiger partial charge in [-0.1, -0.05) is 51.4 Å². The van der Waals surface area contributed by atoms with Gasteiger partial charge in [-0.25, -0.2) is 0 Å². The first-order valence-corrected chi connectivity index (χ1v) is 16.7. The summed E-state index contributed by atoms with van der Waals surface area (Å²) in [7, 11) is 11.3. The van der Waals surface area contributed by atoms with E-state index in [4.69, 9.17) is 46.4 Å².